The molecule has 2 unspecified atom stereocenters. The van der Waals surface area contributed by atoms with Crippen LogP contribution in [0.5, 0.6) is 0 Å². The molecule has 3 aromatic rings. The molecule has 2 aliphatic heterocycles. The van der Waals surface area contributed by atoms with Gasteiger partial charge in [0.2, 0.25) is 11.8 Å². The van der Waals surface area contributed by atoms with E-state index in [0.29, 0.717) is 37.5 Å². The van der Waals surface area contributed by atoms with Gasteiger partial charge in [-0.3, -0.25) is 9.59 Å². The molecule has 2 heterocycles. The Morgan fingerprint density at radius 2 is 1.57 bits per heavy atom. The van der Waals surface area contributed by atoms with Crippen LogP contribution in [-0.4, -0.2) is 79.5 Å². The summed E-state index contributed by atoms with van der Waals surface area (Å²) in [7, 11) is 0. The van der Waals surface area contributed by atoms with Gasteiger partial charge in [0.15, 0.2) is 0 Å². The number of fused-ring (bicyclic) bond motifs is 1. The van der Waals surface area contributed by atoms with Crippen molar-refractivity contribution in [1.29, 1.82) is 0 Å². The molecule has 250 valence electrons. The summed E-state index contributed by atoms with van der Waals surface area (Å²) in [5.41, 5.74) is 4.81. The van der Waals surface area contributed by atoms with Gasteiger partial charge in [-0.2, -0.15) is 0 Å². The first-order chi connectivity index (χ1) is 22.5. The maximum absolute atomic E-state index is 13.4. The SMILES string of the molecule is CC.CCN(CC)CCc1ccccc1.O=C(NC(Cc1ccc(Cl)cc1)C(=O)N1CCCNCC1)C1Cc2ccccc2CN1. The quantitative estimate of drug-likeness (QED) is 0.271. The number of likely N-dealkylation sites (N-methyl/N-ethyl adjacent to an activating group) is 1. The van der Waals surface area contributed by atoms with E-state index in [1.807, 2.05) is 55.1 Å². The Hall–Kier alpha value is -3.23. The minimum absolute atomic E-state index is 0.0248. The molecule has 0 bridgehead atoms. The topological polar surface area (TPSA) is 76.7 Å². The lowest BCUT2D eigenvalue weighted by Gasteiger charge is -2.30. The Bertz CT molecular complexity index is 1290. The Morgan fingerprint density at radius 1 is 0.891 bits per heavy atom. The Kier molecular flexibility index (Phi) is 16.8. The maximum atomic E-state index is 13.4. The fraction of sp³-hybridized carbons (Fsp3) is 0.474. The van der Waals surface area contributed by atoms with Crippen LogP contribution < -0.4 is 16.0 Å². The fourth-order valence-corrected chi connectivity index (χ4v) is 5.85. The lowest BCUT2D eigenvalue weighted by Crippen LogP contribution is -2.56. The van der Waals surface area contributed by atoms with Crippen LogP contribution in [-0.2, 0) is 35.4 Å². The van der Waals surface area contributed by atoms with Crippen molar-refractivity contribution >= 4 is 23.4 Å². The zero-order valence-electron chi connectivity index (χ0n) is 28.2. The van der Waals surface area contributed by atoms with Crippen molar-refractivity contribution in [2.75, 3.05) is 45.8 Å². The molecule has 0 aliphatic carbocycles. The third-order valence-electron chi connectivity index (χ3n) is 8.47. The second-order valence-electron chi connectivity index (χ2n) is 11.5. The summed E-state index contributed by atoms with van der Waals surface area (Å²) in [5.74, 6) is -0.155. The molecule has 3 N–H and O–H groups in total. The van der Waals surface area contributed by atoms with Crippen molar-refractivity contribution in [2.45, 2.75) is 72.0 Å². The number of carbonyl (C=O) groups excluding carboxylic acids is 2. The molecule has 46 heavy (non-hydrogen) atoms. The predicted octanol–water partition coefficient (Wildman–Crippen LogP) is 5.50. The molecule has 0 spiro atoms. The third kappa shape index (κ3) is 12.2. The van der Waals surface area contributed by atoms with Crippen molar-refractivity contribution in [3.05, 3.63) is 106 Å². The summed E-state index contributed by atoms with van der Waals surface area (Å²) >= 11 is 6.02. The van der Waals surface area contributed by atoms with Gasteiger partial charge < -0.3 is 25.8 Å². The van der Waals surface area contributed by atoms with Crippen LogP contribution in [0.1, 0.15) is 56.4 Å². The van der Waals surface area contributed by atoms with Crippen LogP contribution in [0.25, 0.3) is 0 Å². The van der Waals surface area contributed by atoms with Crippen molar-refractivity contribution in [2.24, 2.45) is 0 Å². The zero-order valence-corrected chi connectivity index (χ0v) is 29.0. The summed E-state index contributed by atoms with van der Waals surface area (Å²) in [4.78, 5) is 30.8. The third-order valence-corrected chi connectivity index (χ3v) is 8.72. The average molecular weight is 648 g/mol. The number of hydrogen-bond acceptors (Lipinski definition) is 5. The molecular weight excluding hydrogens is 594 g/mol. The van der Waals surface area contributed by atoms with E-state index in [2.05, 4.69) is 77.2 Å². The Balaban J connectivity index is 0.000000322. The molecule has 8 heteroatoms. The lowest BCUT2D eigenvalue weighted by molar-refractivity contribution is -0.136. The minimum atomic E-state index is -0.606. The van der Waals surface area contributed by atoms with Crippen LogP contribution in [0.4, 0.5) is 0 Å². The number of carbonyl (C=O) groups is 2. The van der Waals surface area contributed by atoms with E-state index in [4.69, 9.17) is 11.6 Å². The lowest BCUT2D eigenvalue weighted by atomic mass is 9.95. The highest BCUT2D eigenvalue weighted by Gasteiger charge is 2.31. The van der Waals surface area contributed by atoms with E-state index < -0.39 is 6.04 Å². The van der Waals surface area contributed by atoms with Gasteiger partial charge in [0.05, 0.1) is 6.04 Å². The summed E-state index contributed by atoms with van der Waals surface area (Å²) in [5, 5.41) is 10.3. The molecule has 7 nitrogen and oxygen atoms in total. The van der Waals surface area contributed by atoms with Gasteiger partial charge in [-0.15, -0.1) is 0 Å². The summed E-state index contributed by atoms with van der Waals surface area (Å²) < 4.78 is 0. The predicted molar refractivity (Wildman–Crippen MR) is 191 cm³/mol. The van der Waals surface area contributed by atoms with Crippen molar-refractivity contribution in [3.8, 4) is 0 Å². The van der Waals surface area contributed by atoms with Crippen molar-refractivity contribution in [3.63, 3.8) is 0 Å². The number of amides is 2. The Morgan fingerprint density at radius 3 is 2.26 bits per heavy atom. The summed E-state index contributed by atoms with van der Waals surface area (Å²) in [6.07, 6.45) is 3.14. The number of nitrogens with one attached hydrogen (secondary N) is 3. The number of benzene rings is 3. The molecule has 2 amide bonds. The van der Waals surface area contributed by atoms with Gasteiger partial charge in [-0.25, -0.2) is 0 Å². The number of rotatable bonds is 10. The molecular formula is C38H54ClN5O2. The second-order valence-corrected chi connectivity index (χ2v) is 11.9. The first kappa shape index (κ1) is 37.2. The largest absolute Gasteiger partial charge is 0.343 e. The van der Waals surface area contributed by atoms with Crippen LogP contribution >= 0.6 is 11.6 Å². The molecule has 2 atom stereocenters. The molecule has 5 rings (SSSR count). The van der Waals surface area contributed by atoms with Gasteiger partial charge in [0, 0.05) is 44.2 Å². The number of halogens is 1. The van der Waals surface area contributed by atoms with E-state index in [9.17, 15) is 9.59 Å². The Labute approximate surface area is 282 Å². The van der Waals surface area contributed by atoms with Crippen LogP contribution in [0.3, 0.4) is 0 Å². The van der Waals surface area contributed by atoms with Crippen LogP contribution in [0.15, 0.2) is 78.9 Å². The van der Waals surface area contributed by atoms with Crippen molar-refractivity contribution in [1.82, 2.24) is 25.8 Å². The van der Waals surface area contributed by atoms with Crippen LogP contribution in [0.2, 0.25) is 5.02 Å². The van der Waals surface area contributed by atoms with E-state index in [1.165, 1.54) is 29.7 Å². The van der Waals surface area contributed by atoms with Gasteiger partial charge >= 0.3 is 0 Å². The molecule has 1 saturated heterocycles. The number of hydrogen-bond donors (Lipinski definition) is 3. The summed E-state index contributed by atoms with van der Waals surface area (Å²) in [6.45, 7) is 15.6. The molecule has 0 aromatic heterocycles. The van der Waals surface area contributed by atoms with E-state index in [-0.39, 0.29) is 17.9 Å². The van der Waals surface area contributed by atoms with E-state index >= 15 is 0 Å². The van der Waals surface area contributed by atoms with Crippen LogP contribution in [0, 0.1) is 0 Å². The second kappa shape index (κ2) is 20.8. The summed E-state index contributed by atoms with van der Waals surface area (Å²) in [6, 6.07) is 25.3. The first-order valence-electron chi connectivity index (χ1n) is 17.1. The molecule has 0 radical (unpaired) electrons. The van der Waals surface area contributed by atoms with E-state index in [0.717, 1.165) is 38.2 Å². The molecule has 2 aliphatic rings. The standard InChI is InChI=1S/C24H29ClN4O2.C12H19N.C2H6/c25-20-8-6-17(7-9-20)14-22(24(31)29-12-3-10-26-11-13-29)28-23(30)21-15-18-4-1-2-5-19(18)16-27-21;1-3-13(4-2)11-10-12-8-6-5-7-9-12;1-2/h1-2,4-9,21-22,26-27H,3,10-16H2,(H,28,30);5-9H,3-4,10-11H2,1-2H3;1-2H3. The monoisotopic (exact) mass is 647 g/mol. The maximum Gasteiger partial charge on any atom is 0.245 e. The molecule has 1 fully saturated rings. The van der Waals surface area contributed by atoms with Crippen molar-refractivity contribution < 1.29 is 9.59 Å². The molecule has 0 saturated carbocycles. The minimum Gasteiger partial charge on any atom is -0.343 e. The van der Waals surface area contributed by atoms with Gasteiger partial charge in [0.25, 0.3) is 0 Å². The van der Waals surface area contributed by atoms with Gasteiger partial charge in [-0.05, 0) is 73.3 Å². The highest BCUT2D eigenvalue weighted by atomic mass is 35.5. The smallest absolute Gasteiger partial charge is 0.245 e. The number of nitrogens with zero attached hydrogens (tertiary/aromatic N) is 2. The fourth-order valence-electron chi connectivity index (χ4n) is 5.73. The highest BCUT2D eigenvalue weighted by Crippen LogP contribution is 2.17. The van der Waals surface area contributed by atoms with Gasteiger partial charge in [-0.1, -0.05) is 106 Å². The highest BCUT2D eigenvalue weighted by molar-refractivity contribution is 6.30. The molecule has 3 aromatic carbocycles. The average Bonchev–Trinajstić information content (AvgIpc) is 3.40. The van der Waals surface area contributed by atoms with Gasteiger partial charge in [0.1, 0.15) is 6.04 Å². The first-order valence-corrected chi connectivity index (χ1v) is 17.4. The normalized spacial score (nSPS) is 16.5. The van der Waals surface area contributed by atoms with E-state index in [1.54, 1.807) is 0 Å². The zero-order chi connectivity index (χ0) is 33.1.